The van der Waals surface area contributed by atoms with Crippen LogP contribution in [0.25, 0.3) is 0 Å². The molecule has 0 bridgehead atoms. The summed E-state index contributed by atoms with van der Waals surface area (Å²) in [5.74, 6) is -0.833. The SMILES string of the molecule is BrCc1ccccc1.CC(=O)O.CC(C)(C)OC(=O)OC(=O)OC(C)(C)C.CC1CC(N(Cc2ccccc2)Cc2ccccc2)C(O)[C@@H](O)O1.CC1CC(NC(=O)OC(C)(C)C)C(O)[C@@H](O)O1.CC1CC([N+](=O)[O-])C(O)[C@@H](O)O1.CC1CC([NH3+])C(O)[C@@H](O)O1.O=CO[O-].O=CO[O-].[H-].[K+].[K+].[Na+]. The van der Waals surface area contributed by atoms with Crippen LogP contribution in [-0.4, -0.2) is 208 Å². The molecule has 0 radical (unpaired) electrons. The van der Waals surface area contributed by atoms with Crippen LogP contribution >= 0.6 is 15.9 Å². The van der Waals surface area contributed by atoms with E-state index >= 15 is 0 Å². The number of nitro groups is 1. The maximum Gasteiger partial charge on any atom is 1.00 e. The van der Waals surface area contributed by atoms with Crippen LogP contribution in [0.4, 0.5) is 14.4 Å². The van der Waals surface area contributed by atoms with Gasteiger partial charge in [-0.15, -0.1) is 0 Å². The van der Waals surface area contributed by atoms with E-state index in [4.69, 9.17) is 83.6 Å². The average molecular weight is 1570 g/mol. The summed E-state index contributed by atoms with van der Waals surface area (Å²) in [6.07, 6.45) is -10.7. The van der Waals surface area contributed by atoms with E-state index in [0.29, 0.717) is 19.3 Å². The van der Waals surface area contributed by atoms with E-state index < -0.39 is 114 Å². The molecule has 4 aliphatic rings. The molecule has 4 saturated heterocycles. The summed E-state index contributed by atoms with van der Waals surface area (Å²) < 4.78 is 39.0. The van der Waals surface area contributed by atoms with Crippen molar-refractivity contribution < 1.29 is 277 Å². The molecule has 0 saturated carbocycles. The van der Waals surface area contributed by atoms with Crippen LogP contribution in [0.5, 0.6) is 0 Å². The van der Waals surface area contributed by atoms with Crippen molar-refractivity contribution in [2.75, 3.05) is 0 Å². The number of alkyl carbamates (subject to hydrolysis) is 1. The van der Waals surface area contributed by atoms with E-state index in [1.54, 1.807) is 76.2 Å². The molecule has 562 valence electrons. The number of alkyl halides is 1. The van der Waals surface area contributed by atoms with Gasteiger partial charge in [0.15, 0.2) is 37.4 Å². The minimum Gasteiger partial charge on any atom is -1.00 e. The molecule has 3 aromatic rings. The second-order valence-electron chi connectivity index (χ2n) is 25.1. The molecule has 33 nitrogen and oxygen atoms in total. The molecule has 1 amide bonds. The van der Waals surface area contributed by atoms with Gasteiger partial charge < -0.3 is 117 Å². The second-order valence-corrected chi connectivity index (χ2v) is 25.7. The third-order valence-corrected chi connectivity index (χ3v) is 13.3. The van der Waals surface area contributed by atoms with E-state index in [1.165, 1.54) is 16.7 Å². The topological polar surface area (TPSA) is 509 Å². The molecule has 4 fully saturated rings. The van der Waals surface area contributed by atoms with Crippen molar-refractivity contribution in [2.24, 2.45) is 0 Å². The van der Waals surface area contributed by atoms with Gasteiger partial charge in [-0.3, -0.25) is 29.4 Å². The summed E-state index contributed by atoms with van der Waals surface area (Å²) in [4.78, 5) is 77.0. The van der Waals surface area contributed by atoms with Crippen LogP contribution in [0.1, 0.15) is 141 Å². The van der Waals surface area contributed by atoms with E-state index in [9.17, 15) is 44.9 Å². The van der Waals surface area contributed by atoms with Crippen LogP contribution in [0.2, 0.25) is 0 Å². The summed E-state index contributed by atoms with van der Waals surface area (Å²) in [7, 11) is 0. The quantitative estimate of drug-likeness (QED) is 0.0104. The number of quaternary nitrogens is 1. The number of rotatable bonds is 10. The van der Waals surface area contributed by atoms with Gasteiger partial charge in [0.25, 0.3) is 18.9 Å². The monoisotopic (exact) mass is 1570 g/mol. The first-order valence-corrected chi connectivity index (χ1v) is 31.8. The fourth-order valence-corrected chi connectivity index (χ4v) is 8.99. The minimum absolute atomic E-state index is 0. The Kier molecular flexibility index (Phi) is 61.3. The zero-order chi connectivity index (χ0) is 75.7. The second kappa shape index (κ2) is 57.7. The number of carboxylic acid groups (broad SMARTS) is 1. The zero-order valence-corrected chi connectivity index (χ0v) is 70.5. The number of ether oxygens (including phenoxy) is 8. The maximum absolute atomic E-state index is 11.5. The Hall–Kier alpha value is -2.41. The molecule has 7 rings (SSSR count). The Balaban J connectivity index is -0.000000267. The molecular formula is C64H103BrK2N4NaO29+. The summed E-state index contributed by atoms with van der Waals surface area (Å²) in [6, 6.07) is 28.8. The minimum atomic E-state index is -1.44. The molecular weight excluding hydrogens is 1470 g/mol. The Morgan fingerprint density at radius 2 is 0.901 bits per heavy atom. The van der Waals surface area contributed by atoms with Crippen molar-refractivity contribution in [1.29, 1.82) is 0 Å². The van der Waals surface area contributed by atoms with E-state index in [-0.39, 0.29) is 184 Å². The first kappa shape index (κ1) is 107. The van der Waals surface area contributed by atoms with Crippen LogP contribution in [0, 0.1) is 10.1 Å². The number of amides is 1. The van der Waals surface area contributed by atoms with Gasteiger partial charge in [-0.25, -0.2) is 14.4 Å². The van der Waals surface area contributed by atoms with E-state index in [1.807, 2.05) is 68.4 Å². The molecule has 0 spiro atoms. The zero-order valence-electron chi connectivity index (χ0n) is 61.7. The van der Waals surface area contributed by atoms with Crippen molar-refractivity contribution in [3.05, 3.63) is 118 Å². The van der Waals surface area contributed by atoms with Crippen molar-refractivity contribution in [3.63, 3.8) is 0 Å². The predicted octanol–water partition coefficient (Wildman–Crippen LogP) is -6.34. The van der Waals surface area contributed by atoms with Crippen LogP contribution in [0.15, 0.2) is 91.0 Å². The Bertz CT molecular complexity index is 2600. The molecule has 37 heteroatoms. The number of nitrogens with one attached hydrogen (secondary N) is 1. The Labute approximate surface area is 706 Å². The molecule has 12 unspecified atom stereocenters. The fourth-order valence-electron chi connectivity index (χ4n) is 8.61. The van der Waals surface area contributed by atoms with Crippen molar-refractivity contribution in [1.82, 2.24) is 10.2 Å². The number of benzene rings is 3. The molecule has 16 atom stereocenters. The predicted molar refractivity (Wildman–Crippen MR) is 347 cm³/mol. The summed E-state index contributed by atoms with van der Waals surface area (Å²) in [5.41, 5.74) is 5.41. The summed E-state index contributed by atoms with van der Waals surface area (Å²) in [5, 5.41) is 114. The molecule has 13 N–H and O–H groups in total. The van der Waals surface area contributed by atoms with Gasteiger partial charge in [0, 0.05) is 49.2 Å². The molecule has 3 aromatic carbocycles. The number of carboxylic acids is 1. The smallest absolute Gasteiger partial charge is 1.00 e. The Morgan fingerprint density at radius 3 is 1.23 bits per heavy atom. The number of hydrogen-bond donors (Lipinski definition) is 11. The van der Waals surface area contributed by atoms with Crippen LogP contribution in [-0.2, 0) is 80.5 Å². The Morgan fingerprint density at radius 1 is 0.584 bits per heavy atom. The summed E-state index contributed by atoms with van der Waals surface area (Å²) in [6.45, 7) is 24.6. The third-order valence-electron chi connectivity index (χ3n) is 12.6. The molecule has 0 aliphatic carbocycles. The van der Waals surface area contributed by atoms with Gasteiger partial charge in [0.1, 0.15) is 35.1 Å². The van der Waals surface area contributed by atoms with Gasteiger partial charge in [-0.1, -0.05) is 107 Å². The van der Waals surface area contributed by atoms with Gasteiger partial charge in [0.05, 0.1) is 30.5 Å². The van der Waals surface area contributed by atoms with Gasteiger partial charge in [-0.2, -0.15) is 0 Å². The van der Waals surface area contributed by atoms with Crippen LogP contribution in [0.3, 0.4) is 0 Å². The number of carbonyl (C=O) groups excluding carboxylic acids is 5. The largest absolute Gasteiger partial charge is 1.00 e. The maximum atomic E-state index is 11.5. The standard InChI is InChI=1S/C20H25NO3.C11H21NO5.C10H18O5.C7H7Br.C6H11NO5.C6H13NO3.C2H4O2.2CH2O3.2K.Na.H/c1-15-12-18(19(22)20(23)24-15)21(13-16-8-4-2-5-9-16)14-17-10-6-3-7-11-17;1-6-5-7(8(13)9(14)16-6)12-10(15)17-11(2,3)4;1-9(2,3)14-7(11)13-8(12)15-10(4,5)6;8-6-7-4-2-1-3-5-7;1-3-2-4(7(10)11)5(8)6(9)12-3;1-3-2-4(7)5(8)6(9)10-3;1-2(3)4;2*2-1-4-3;;;;/h2-11,15,18-20,22-23H,12-14H2,1H3;6-9,13-14H,5H2,1-4H3,(H,12,15);1-6H3;1-5H,6H2;3-6,8-9H,2H2,1H3;3-6,8-9H,2,7H2,1H3;1H3,(H,3,4);2*1,3H;;;;/q;;;;;;;;;3*+1;-1/p-1/t15?,18?,19?,20-;6?,7?,8?,9-;;;2*3?,4?,5?,6-;;;;;;;/m00..00......./s1. The average Bonchev–Trinajstić information content (AvgIpc) is 0.830. The first-order chi connectivity index (χ1) is 45.4. The molecule has 101 heavy (non-hydrogen) atoms. The number of aliphatic carboxylic acids is 1. The number of aliphatic hydroxyl groups is 8. The first-order valence-electron chi connectivity index (χ1n) is 30.7. The van der Waals surface area contributed by atoms with Gasteiger partial charge in [0.2, 0.25) is 6.04 Å². The number of aliphatic hydroxyl groups excluding tert-OH is 8. The summed E-state index contributed by atoms with van der Waals surface area (Å²) >= 11 is 3.36. The molecule has 0 aromatic heterocycles. The van der Waals surface area contributed by atoms with Gasteiger partial charge in [-0.05, 0) is 120 Å². The van der Waals surface area contributed by atoms with E-state index in [2.05, 4.69) is 82.8 Å². The van der Waals surface area contributed by atoms with Gasteiger partial charge >= 0.3 is 151 Å². The van der Waals surface area contributed by atoms with Crippen LogP contribution < -0.4 is 154 Å². The molecule has 4 aliphatic heterocycles. The fraction of sp³-hybridized carbons (Fsp3) is 0.625. The van der Waals surface area contributed by atoms with Crippen molar-refractivity contribution >= 4 is 53.2 Å². The number of hydrogen-bond acceptors (Lipinski definition) is 29. The number of carbonyl (C=O) groups is 6. The normalized spacial score (nSPS) is 25.3. The van der Waals surface area contributed by atoms with Crippen molar-refractivity contribution in [2.45, 2.75) is 256 Å². The van der Waals surface area contributed by atoms with Crippen molar-refractivity contribution in [3.8, 4) is 0 Å². The number of halogens is 1. The third kappa shape index (κ3) is 53.9. The van der Waals surface area contributed by atoms with E-state index in [0.717, 1.165) is 25.3 Å². The molecule has 4 heterocycles. The number of nitrogens with zero attached hydrogens (tertiary/aromatic N) is 2.